The average Bonchev–Trinajstić information content (AvgIpc) is 2.73. The van der Waals surface area contributed by atoms with Crippen LogP contribution in [-0.2, 0) is 19.4 Å². The molecule has 0 spiro atoms. The second-order valence-electron chi connectivity index (χ2n) is 4.14. The first-order valence-corrected chi connectivity index (χ1v) is 5.83. The van der Waals surface area contributed by atoms with Crippen molar-refractivity contribution in [3.8, 4) is 0 Å². The molecule has 2 aromatic rings. The largest absolute Gasteiger partial charge is 0.334 e. The first-order valence-electron chi connectivity index (χ1n) is 5.83. The van der Waals surface area contributed by atoms with E-state index < -0.39 is 11.6 Å². The summed E-state index contributed by atoms with van der Waals surface area (Å²) in [4.78, 5) is 4.05. The van der Waals surface area contributed by atoms with Gasteiger partial charge in [0.05, 0.1) is 6.33 Å². The predicted octanol–water partition coefficient (Wildman–Crippen LogP) is 1.91. The van der Waals surface area contributed by atoms with Crippen LogP contribution in [0, 0.1) is 11.6 Å². The molecule has 2 rings (SSSR count). The standard InChI is InChI=1S/C13H15F2N3/c14-11-5-10(6-12(15)7-11)2-4-18-9-17-8-13(18)1-3-16/h5-9H,1-4,16H2. The quantitative estimate of drug-likeness (QED) is 0.882. The van der Waals surface area contributed by atoms with Gasteiger partial charge in [-0.05, 0) is 30.7 Å². The van der Waals surface area contributed by atoms with Crippen LogP contribution >= 0.6 is 0 Å². The summed E-state index contributed by atoms with van der Waals surface area (Å²) in [5, 5.41) is 0. The maximum absolute atomic E-state index is 13.0. The zero-order valence-electron chi connectivity index (χ0n) is 9.94. The van der Waals surface area contributed by atoms with Crippen LogP contribution in [0.3, 0.4) is 0 Å². The lowest BCUT2D eigenvalue weighted by Crippen LogP contribution is -2.10. The van der Waals surface area contributed by atoms with Crippen LogP contribution in [0.5, 0.6) is 0 Å². The van der Waals surface area contributed by atoms with E-state index in [0.717, 1.165) is 18.2 Å². The number of nitrogens with two attached hydrogens (primary N) is 1. The van der Waals surface area contributed by atoms with Crippen LogP contribution in [0.2, 0.25) is 0 Å². The molecule has 5 heteroatoms. The van der Waals surface area contributed by atoms with Crippen LogP contribution in [-0.4, -0.2) is 16.1 Å². The van der Waals surface area contributed by atoms with E-state index in [1.807, 2.05) is 4.57 Å². The number of imidazole rings is 1. The van der Waals surface area contributed by atoms with Crippen molar-refractivity contribution < 1.29 is 8.78 Å². The fourth-order valence-electron chi connectivity index (χ4n) is 1.91. The summed E-state index contributed by atoms with van der Waals surface area (Å²) < 4.78 is 28.0. The number of hydrogen-bond donors (Lipinski definition) is 1. The average molecular weight is 251 g/mol. The molecule has 0 aliphatic carbocycles. The monoisotopic (exact) mass is 251 g/mol. The topological polar surface area (TPSA) is 43.8 Å². The number of halogens is 2. The van der Waals surface area contributed by atoms with Crippen LogP contribution < -0.4 is 5.73 Å². The third kappa shape index (κ3) is 3.13. The van der Waals surface area contributed by atoms with Crippen LogP contribution in [0.4, 0.5) is 8.78 Å². The molecule has 1 heterocycles. The molecule has 0 atom stereocenters. The van der Waals surface area contributed by atoms with Crippen LogP contribution in [0.25, 0.3) is 0 Å². The lowest BCUT2D eigenvalue weighted by Gasteiger charge is -2.07. The second kappa shape index (κ2) is 5.73. The van der Waals surface area contributed by atoms with Gasteiger partial charge in [-0.25, -0.2) is 13.8 Å². The van der Waals surface area contributed by atoms with Gasteiger partial charge in [-0.2, -0.15) is 0 Å². The number of nitrogens with zero attached hydrogens (tertiary/aromatic N) is 2. The molecule has 0 amide bonds. The second-order valence-corrected chi connectivity index (χ2v) is 4.14. The lowest BCUT2D eigenvalue weighted by molar-refractivity contribution is 0.575. The molecule has 1 aromatic carbocycles. The molecule has 1 aromatic heterocycles. The maximum Gasteiger partial charge on any atom is 0.126 e. The molecular weight excluding hydrogens is 236 g/mol. The molecule has 0 fully saturated rings. The van der Waals surface area contributed by atoms with E-state index in [9.17, 15) is 8.78 Å². The third-order valence-corrected chi connectivity index (χ3v) is 2.76. The predicted molar refractivity (Wildman–Crippen MR) is 65.0 cm³/mol. The summed E-state index contributed by atoms with van der Waals surface area (Å²) >= 11 is 0. The van der Waals surface area contributed by atoms with Crippen molar-refractivity contribution in [2.75, 3.05) is 6.54 Å². The molecule has 96 valence electrons. The Kier molecular flexibility index (Phi) is 4.04. The van der Waals surface area contributed by atoms with Crippen molar-refractivity contribution in [1.82, 2.24) is 9.55 Å². The van der Waals surface area contributed by atoms with Crippen molar-refractivity contribution in [2.24, 2.45) is 5.73 Å². The van der Waals surface area contributed by atoms with Crippen molar-refractivity contribution in [1.29, 1.82) is 0 Å². The lowest BCUT2D eigenvalue weighted by atomic mass is 10.1. The molecule has 0 radical (unpaired) electrons. The van der Waals surface area contributed by atoms with E-state index in [-0.39, 0.29) is 0 Å². The SMILES string of the molecule is NCCc1cncn1CCc1cc(F)cc(F)c1. The van der Waals surface area contributed by atoms with Gasteiger partial charge in [0.15, 0.2) is 0 Å². The summed E-state index contributed by atoms with van der Waals surface area (Å²) in [5.41, 5.74) is 7.17. The Balaban J connectivity index is 2.04. The van der Waals surface area contributed by atoms with E-state index in [2.05, 4.69) is 4.98 Å². The Bertz CT molecular complexity index is 502. The highest BCUT2D eigenvalue weighted by Crippen LogP contribution is 2.10. The van der Waals surface area contributed by atoms with Crippen molar-refractivity contribution in [2.45, 2.75) is 19.4 Å². The summed E-state index contributed by atoms with van der Waals surface area (Å²) in [6.45, 7) is 1.19. The Morgan fingerprint density at radius 3 is 2.50 bits per heavy atom. The van der Waals surface area contributed by atoms with Gasteiger partial charge in [0.1, 0.15) is 11.6 Å². The van der Waals surface area contributed by atoms with Gasteiger partial charge in [-0.1, -0.05) is 0 Å². The highest BCUT2D eigenvalue weighted by molar-refractivity contribution is 5.18. The highest BCUT2D eigenvalue weighted by atomic mass is 19.1. The van der Waals surface area contributed by atoms with Crippen molar-refractivity contribution in [3.05, 3.63) is 53.6 Å². The Morgan fingerprint density at radius 2 is 1.83 bits per heavy atom. The molecule has 2 N–H and O–H groups in total. The fraction of sp³-hybridized carbons (Fsp3) is 0.308. The molecule has 0 saturated carbocycles. The molecule has 3 nitrogen and oxygen atoms in total. The summed E-state index contributed by atoms with van der Waals surface area (Å²) in [6.07, 6.45) is 4.78. The fourth-order valence-corrected chi connectivity index (χ4v) is 1.91. The molecule has 0 saturated heterocycles. The number of rotatable bonds is 5. The van der Waals surface area contributed by atoms with Crippen LogP contribution in [0.1, 0.15) is 11.3 Å². The maximum atomic E-state index is 13.0. The number of benzene rings is 1. The number of aryl methyl sites for hydroxylation is 2. The molecule has 0 aliphatic heterocycles. The number of aromatic nitrogens is 2. The normalized spacial score (nSPS) is 10.8. The minimum absolute atomic E-state index is 0.544. The van der Waals surface area contributed by atoms with Gasteiger partial charge >= 0.3 is 0 Å². The summed E-state index contributed by atoms with van der Waals surface area (Å²) in [5.74, 6) is -1.09. The number of hydrogen-bond acceptors (Lipinski definition) is 2. The highest BCUT2D eigenvalue weighted by Gasteiger charge is 2.04. The molecule has 18 heavy (non-hydrogen) atoms. The minimum Gasteiger partial charge on any atom is -0.334 e. The Morgan fingerprint density at radius 1 is 1.11 bits per heavy atom. The van der Waals surface area contributed by atoms with Gasteiger partial charge in [0.25, 0.3) is 0 Å². The third-order valence-electron chi connectivity index (χ3n) is 2.76. The van der Waals surface area contributed by atoms with Gasteiger partial charge in [-0.3, -0.25) is 0 Å². The Labute approximate surface area is 104 Å². The summed E-state index contributed by atoms with van der Waals surface area (Å²) in [6, 6.07) is 3.58. The zero-order valence-corrected chi connectivity index (χ0v) is 9.94. The molecule has 0 aliphatic rings. The van der Waals surface area contributed by atoms with Gasteiger partial charge in [0.2, 0.25) is 0 Å². The van der Waals surface area contributed by atoms with Gasteiger partial charge in [0, 0.05) is 30.9 Å². The Hall–Kier alpha value is -1.75. The van der Waals surface area contributed by atoms with E-state index in [4.69, 9.17) is 5.73 Å². The smallest absolute Gasteiger partial charge is 0.126 e. The molecular formula is C13H15F2N3. The molecule has 0 unspecified atom stereocenters. The van der Waals surface area contributed by atoms with Crippen molar-refractivity contribution >= 4 is 0 Å². The first-order chi connectivity index (χ1) is 8.69. The first kappa shape index (κ1) is 12.7. The van der Waals surface area contributed by atoms with E-state index in [1.54, 1.807) is 12.5 Å². The molecule has 0 bridgehead atoms. The van der Waals surface area contributed by atoms with E-state index in [0.29, 0.717) is 25.1 Å². The zero-order chi connectivity index (χ0) is 13.0. The van der Waals surface area contributed by atoms with Crippen molar-refractivity contribution in [3.63, 3.8) is 0 Å². The van der Waals surface area contributed by atoms with E-state index in [1.165, 1.54) is 12.1 Å². The van der Waals surface area contributed by atoms with Crippen LogP contribution in [0.15, 0.2) is 30.7 Å². The minimum atomic E-state index is -0.544. The van der Waals surface area contributed by atoms with Gasteiger partial charge < -0.3 is 10.3 Å². The van der Waals surface area contributed by atoms with Gasteiger partial charge in [-0.15, -0.1) is 0 Å². The van der Waals surface area contributed by atoms with E-state index >= 15 is 0 Å². The summed E-state index contributed by atoms with van der Waals surface area (Å²) in [7, 11) is 0.